The number of hydrogen-bond donors (Lipinski definition) is 1. The van der Waals surface area contributed by atoms with Gasteiger partial charge < -0.3 is 15.0 Å². The van der Waals surface area contributed by atoms with E-state index < -0.39 is 0 Å². The van der Waals surface area contributed by atoms with E-state index in [1.807, 2.05) is 0 Å². The molecule has 1 aromatic rings. The summed E-state index contributed by atoms with van der Waals surface area (Å²) >= 11 is 0. The molecule has 0 aromatic carbocycles. The van der Waals surface area contributed by atoms with Gasteiger partial charge in [0.25, 0.3) is 0 Å². The normalized spacial score (nSPS) is 20.8. The zero-order valence-electron chi connectivity index (χ0n) is 11.7. The molecule has 0 atom stereocenters. The quantitative estimate of drug-likeness (QED) is 0.907. The molecule has 0 spiro atoms. The Balaban J connectivity index is 1.68. The summed E-state index contributed by atoms with van der Waals surface area (Å²) in [4.78, 5) is 7.13. The second-order valence-corrected chi connectivity index (χ2v) is 5.53. The first kappa shape index (κ1) is 12.7. The van der Waals surface area contributed by atoms with Crippen molar-refractivity contribution >= 4 is 11.5 Å². The minimum Gasteiger partial charge on any atom is -0.381 e. The SMILES string of the molecule is Cc1nc(N2CCCC2)ccc1NC1CCOCC1. The molecule has 0 amide bonds. The van der Waals surface area contributed by atoms with Crippen LogP contribution in [0, 0.1) is 6.92 Å². The molecule has 0 aliphatic carbocycles. The fourth-order valence-electron chi connectivity index (χ4n) is 2.88. The first-order valence-corrected chi connectivity index (χ1v) is 7.40. The maximum Gasteiger partial charge on any atom is 0.128 e. The predicted molar refractivity (Wildman–Crippen MR) is 77.9 cm³/mol. The molecule has 4 nitrogen and oxygen atoms in total. The van der Waals surface area contributed by atoms with E-state index in [1.165, 1.54) is 18.5 Å². The highest BCUT2D eigenvalue weighted by molar-refractivity contribution is 5.54. The van der Waals surface area contributed by atoms with Crippen LogP contribution in [0.1, 0.15) is 31.4 Å². The maximum absolute atomic E-state index is 5.39. The van der Waals surface area contributed by atoms with Crippen molar-refractivity contribution in [2.24, 2.45) is 0 Å². The molecule has 4 heteroatoms. The van der Waals surface area contributed by atoms with Crippen LogP contribution in [0.4, 0.5) is 11.5 Å². The van der Waals surface area contributed by atoms with E-state index in [4.69, 9.17) is 9.72 Å². The van der Waals surface area contributed by atoms with E-state index in [0.29, 0.717) is 6.04 Å². The Morgan fingerprint density at radius 3 is 2.63 bits per heavy atom. The minimum atomic E-state index is 0.534. The molecule has 0 saturated carbocycles. The van der Waals surface area contributed by atoms with Crippen LogP contribution in [-0.4, -0.2) is 37.3 Å². The molecule has 1 aromatic heterocycles. The third-order valence-corrected chi connectivity index (χ3v) is 4.08. The van der Waals surface area contributed by atoms with Gasteiger partial charge in [-0.15, -0.1) is 0 Å². The topological polar surface area (TPSA) is 37.4 Å². The number of rotatable bonds is 3. The van der Waals surface area contributed by atoms with Gasteiger partial charge >= 0.3 is 0 Å². The molecule has 104 valence electrons. The first-order chi connectivity index (χ1) is 9.33. The average molecular weight is 261 g/mol. The zero-order chi connectivity index (χ0) is 13.1. The summed E-state index contributed by atoms with van der Waals surface area (Å²) in [6, 6.07) is 4.87. The van der Waals surface area contributed by atoms with Gasteiger partial charge in [0.05, 0.1) is 11.4 Å². The molecule has 0 unspecified atom stereocenters. The molecule has 2 aliphatic rings. The summed E-state index contributed by atoms with van der Waals surface area (Å²) in [5.74, 6) is 1.13. The number of nitrogens with one attached hydrogen (secondary N) is 1. The zero-order valence-corrected chi connectivity index (χ0v) is 11.7. The number of hydrogen-bond acceptors (Lipinski definition) is 4. The van der Waals surface area contributed by atoms with Gasteiger partial charge in [0.2, 0.25) is 0 Å². The second kappa shape index (κ2) is 5.78. The molecular weight excluding hydrogens is 238 g/mol. The molecule has 0 radical (unpaired) electrons. The Kier molecular flexibility index (Phi) is 3.87. The van der Waals surface area contributed by atoms with Crippen LogP contribution in [0.5, 0.6) is 0 Å². The number of aromatic nitrogens is 1. The van der Waals surface area contributed by atoms with E-state index in [0.717, 1.165) is 50.7 Å². The van der Waals surface area contributed by atoms with Gasteiger partial charge in [-0.1, -0.05) is 0 Å². The highest BCUT2D eigenvalue weighted by atomic mass is 16.5. The fraction of sp³-hybridized carbons (Fsp3) is 0.667. The van der Waals surface area contributed by atoms with Crippen LogP contribution >= 0.6 is 0 Å². The third kappa shape index (κ3) is 3.00. The van der Waals surface area contributed by atoms with E-state index in [-0.39, 0.29) is 0 Å². The van der Waals surface area contributed by atoms with Crippen molar-refractivity contribution in [1.29, 1.82) is 0 Å². The highest BCUT2D eigenvalue weighted by Crippen LogP contribution is 2.23. The second-order valence-electron chi connectivity index (χ2n) is 5.53. The molecule has 19 heavy (non-hydrogen) atoms. The van der Waals surface area contributed by atoms with Gasteiger partial charge in [-0.05, 0) is 44.7 Å². The van der Waals surface area contributed by atoms with E-state index in [1.54, 1.807) is 0 Å². The minimum absolute atomic E-state index is 0.534. The van der Waals surface area contributed by atoms with Crippen LogP contribution in [0.2, 0.25) is 0 Å². The van der Waals surface area contributed by atoms with Crippen LogP contribution in [0.25, 0.3) is 0 Å². The fourth-order valence-corrected chi connectivity index (χ4v) is 2.88. The molecule has 0 bridgehead atoms. The first-order valence-electron chi connectivity index (χ1n) is 7.40. The summed E-state index contributed by atoms with van der Waals surface area (Å²) in [7, 11) is 0. The van der Waals surface area contributed by atoms with Gasteiger partial charge in [-0.3, -0.25) is 0 Å². The number of nitrogens with zero attached hydrogens (tertiary/aromatic N) is 2. The van der Waals surface area contributed by atoms with Crippen molar-refractivity contribution in [1.82, 2.24) is 4.98 Å². The van der Waals surface area contributed by atoms with Gasteiger partial charge in [0.15, 0.2) is 0 Å². The largest absolute Gasteiger partial charge is 0.381 e. The number of ether oxygens (including phenoxy) is 1. The van der Waals surface area contributed by atoms with Crippen LogP contribution < -0.4 is 10.2 Å². The van der Waals surface area contributed by atoms with E-state index in [9.17, 15) is 0 Å². The lowest BCUT2D eigenvalue weighted by Crippen LogP contribution is -2.28. The Labute approximate surface area is 115 Å². The molecule has 2 aliphatic heterocycles. The Hall–Kier alpha value is -1.29. The van der Waals surface area contributed by atoms with Crippen LogP contribution in [-0.2, 0) is 4.74 Å². The lowest BCUT2D eigenvalue weighted by Gasteiger charge is -2.25. The van der Waals surface area contributed by atoms with E-state index >= 15 is 0 Å². The monoisotopic (exact) mass is 261 g/mol. The summed E-state index contributed by atoms with van der Waals surface area (Å²) in [6.45, 7) is 6.14. The van der Waals surface area contributed by atoms with Crippen LogP contribution in [0.15, 0.2) is 12.1 Å². The summed E-state index contributed by atoms with van der Waals surface area (Å²) < 4.78 is 5.39. The van der Waals surface area contributed by atoms with Crippen molar-refractivity contribution < 1.29 is 4.74 Å². The molecular formula is C15H23N3O. The number of anilines is 2. The van der Waals surface area contributed by atoms with Gasteiger partial charge in [-0.2, -0.15) is 0 Å². The highest BCUT2D eigenvalue weighted by Gasteiger charge is 2.17. The molecule has 3 rings (SSSR count). The average Bonchev–Trinajstić information content (AvgIpc) is 2.96. The number of pyridine rings is 1. The smallest absolute Gasteiger partial charge is 0.128 e. The third-order valence-electron chi connectivity index (χ3n) is 4.08. The Morgan fingerprint density at radius 2 is 1.95 bits per heavy atom. The van der Waals surface area contributed by atoms with Crippen molar-refractivity contribution in [2.75, 3.05) is 36.5 Å². The standard InChI is InChI=1S/C15H23N3O/c1-12-14(17-13-6-10-19-11-7-13)4-5-15(16-12)18-8-2-3-9-18/h4-5,13,17H,2-3,6-11H2,1H3. The Bertz CT molecular complexity index is 423. The molecule has 2 saturated heterocycles. The summed E-state index contributed by atoms with van der Waals surface area (Å²) in [5.41, 5.74) is 2.28. The molecule has 3 heterocycles. The molecule has 2 fully saturated rings. The van der Waals surface area contributed by atoms with Crippen molar-refractivity contribution in [3.8, 4) is 0 Å². The summed E-state index contributed by atoms with van der Waals surface area (Å²) in [6.07, 6.45) is 4.77. The number of aryl methyl sites for hydroxylation is 1. The predicted octanol–water partition coefficient (Wildman–Crippen LogP) is 2.58. The van der Waals surface area contributed by atoms with Gasteiger partial charge in [-0.25, -0.2) is 4.98 Å². The molecule has 1 N–H and O–H groups in total. The lowest BCUT2D eigenvalue weighted by atomic mass is 10.1. The van der Waals surface area contributed by atoms with Gasteiger partial charge in [0, 0.05) is 32.3 Å². The van der Waals surface area contributed by atoms with Crippen molar-refractivity contribution in [3.63, 3.8) is 0 Å². The van der Waals surface area contributed by atoms with Gasteiger partial charge in [0.1, 0.15) is 5.82 Å². The Morgan fingerprint density at radius 1 is 1.21 bits per heavy atom. The van der Waals surface area contributed by atoms with Crippen molar-refractivity contribution in [2.45, 2.75) is 38.6 Å². The van der Waals surface area contributed by atoms with Crippen molar-refractivity contribution in [3.05, 3.63) is 17.8 Å². The summed E-state index contributed by atoms with van der Waals surface area (Å²) in [5, 5.41) is 3.61. The van der Waals surface area contributed by atoms with Crippen LogP contribution in [0.3, 0.4) is 0 Å². The van der Waals surface area contributed by atoms with E-state index in [2.05, 4.69) is 29.3 Å². The lowest BCUT2D eigenvalue weighted by molar-refractivity contribution is 0.0904. The maximum atomic E-state index is 5.39.